The number of nitrogens with one attached hydrogen (secondary N) is 1. The van der Waals surface area contributed by atoms with Crippen molar-refractivity contribution in [3.63, 3.8) is 0 Å². The summed E-state index contributed by atoms with van der Waals surface area (Å²) in [5.41, 5.74) is 6.43. The van der Waals surface area contributed by atoms with Crippen molar-refractivity contribution in [1.82, 2.24) is 4.90 Å². The fourth-order valence-electron chi connectivity index (χ4n) is 2.66. The summed E-state index contributed by atoms with van der Waals surface area (Å²) in [5, 5.41) is 2.77. The minimum Gasteiger partial charge on any atom is -0.396 e. The molecule has 1 fully saturated rings. The molecule has 0 saturated carbocycles. The number of rotatable bonds is 3. The first kappa shape index (κ1) is 15.8. The van der Waals surface area contributed by atoms with E-state index in [9.17, 15) is 9.18 Å². The number of amides is 1. The topological polar surface area (TPSA) is 58.4 Å². The van der Waals surface area contributed by atoms with Crippen LogP contribution in [0.1, 0.15) is 33.1 Å². The van der Waals surface area contributed by atoms with Gasteiger partial charge < -0.3 is 11.1 Å². The van der Waals surface area contributed by atoms with Gasteiger partial charge in [0.05, 0.1) is 12.2 Å². The number of hydrogen-bond acceptors (Lipinski definition) is 3. The van der Waals surface area contributed by atoms with Gasteiger partial charge in [0, 0.05) is 5.69 Å². The fraction of sp³-hybridized carbons (Fsp3) is 0.562. The molecule has 0 atom stereocenters. The highest BCUT2D eigenvalue weighted by atomic mass is 19.1. The first-order chi connectivity index (χ1) is 9.85. The van der Waals surface area contributed by atoms with E-state index in [1.807, 2.05) is 0 Å². The number of hydrogen-bond donors (Lipinski definition) is 2. The van der Waals surface area contributed by atoms with Crippen LogP contribution in [0.15, 0.2) is 18.2 Å². The number of nitrogens with two attached hydrogens (primary N) is 1. The smallest absolute Gasteiger partial charge is 0.238 e. The summed E-state index contributed by atoms with van der Waals surface area (Å²) < 4.78 is 13.1. The Balaban J connectivity index is 1.88. The van der Waals surface area contributed by atoms with Crippen molar-refractivity contribution in [2.24, 2.45) is 5.41 Å². The highest BCUT2D eigenvalue weighted by Crippen LogP contribution is 2.29. The highest BCUT2D eigenvalue weighted by molar-refractivity contribution is 5.92. The lowest BCUT2D eigenvalue weighted by Crippen LogP contribution is -2.34. The van der Waals surface area contributed by atoms with Crippen molar-refractivity contribution in [1.29, 1.82) is 0 Å². The van der Waals surface area contributed by atoms with Gasteiger partial charge in [0.1, 0.15) is 5.82 Å². The van der Waals surface area contributed by atoms with E-state index in [0.29, 0.717) is 17.6 Å². The van der Waals surface area contributed by atoms with E-state index in [2.05, 4.69) is 24.1 Å². The zero-order valence-corrected chi connectivity index (χ0v) is 12.8. The van der Waals surface area contributed by atoms with Crippen molar-refractivity contribution < 1.29 is 9.18 Å². The predicted octanol–water partition coefficient (Wildman–Crippen LogP) is 2.86. The summed E-state index contributed by atoms with van der Waals surface area (Å²) in [6, 6.07) is 4.23. The van der Waals surface area contributed by atoms with Gasteiger partial charge >= 0.3 is 0 Å². The van der Waals surface area contributed by atoms with Crippen LogP contribution in [0.25, 0.3) is 0 Å². The molecule has 1 heterocycles. The lowest BCUT2D eigenvalue weighted by molar-refractivity contribution is -0.117. The van der Waals surface area contributed by atoms with Gasteiger partial charge in [-0.1, -0.05) is 13.8 Å². The van der Waals surface area contributed by atoms with Crippen molar-refractivity contribution in [2.45, 2.75) is 33.1 Å². The second-order valence-electron chi connectivity index (χ2n) is 6.58. The van der Waals surface area contributed by atoms with Crippen LogP contribution in [0, 0.1) is 11.2 Å². The molecule has 21 heavy (non-hydrogen) atoms. The summed E-state index contributed by atoms with van der Waals surface area (Å²) in [6.07, 6.45) is 3.41. The number of likely N-dealkylation sites (tertiary alicyclic amines) is 1. The SMILES string of the molecule is CC1(C)CCCN(CC(=O)Nc2ccc(F)c(N)c2)CC1. The van der Waals surface area contributed by atoms with E-state index < -0.39 is 5.82 Å². The van der Waals surface area contributed by atoms with Gasteiger partial charge in [0.25, 0.3) is 0 Å². The molecule has 1 aromatic carbocycles. The molecule has 0 bridgehead atoms. The molecule has 1 aliphatic rings. The largest absolute Gasteiger partial charge is 0.396 e. The average Bonchev–Trinajstić information content (AvgIpc) is 2.55. The van der Waals surface area contributed by atoms with E-state index >= 15 is 0 Å². The molecule has 0 aliphatic carbocycles. The molecule has 3 N–H and O–H groups in total. The quantitative estimate of drug-likeness (QED) is 0.843. The van der Waals surface area contributed by atoms with E-state index in [-0.39, 0.29) is 11.6 Å². The lowest BCUT2D eigenvalue weighted by Gasteiger charge is -2.23. The standard InChI is InChI=1S/C16H24FN3O/c1-16(2)6-3-8-20(9-7-16)11-15(21)19-12-4-5-13(17)14(18)10-12/h4-5,10H,3,6-9,11,18H2,1-2H3,(H,19,21). The zero-order valence-electron chi connectivity index (χ0n) is 12.8. The number of nitrogen functional groups attached to an aromatic ring is 1. The first-order valence-electron chi connectivity index (χ1n) is 7.43. The highest BCUT2D eigenvalue weighted by Gasteiger charge is 2.23. The maximum absolute atomic E-state index is 13.1. The Morgan fingerprint density at radius 1 is 1.38 bits per heavy atom. The molecule has 1 amide bonds. The molecular weight excluding hydrogens is 269 g/mol. The van der Waals surface area contributed by atoms with Gasteiger partial charge in [-0.05, 0) is 56.0 Å². The Morgan fingerprint density at radius 2 is 2.14 bits per heavy atom. The molecule has 5 heteroatoms. The number of nitrogens with zero attached hydrogens (tertiary/aromatic N) is 1. The summed E-state index contributed by atoms with van der Waals surface area (Å²) in [5.74, 6) is -0.552. The molecule has 1 aromatic rings. The third kappa shape index (κ3) is 4.70. The average molecular weight is 293 g/mol. The normalized spacial score (nSPS) is 19.0. The molecule has 1 saturated heterocycles. The van der Waals surface area contributed by atoms with Gasteiger partial charge in [-0.15, -0.1) is 0 Å². The summed E-state index contributed by atoms with van der Waals surface area (Å²) in [6.45, 7) is 6.80. The van der Waals surface area contributed by atoms with Crippen LogP contribution in [0.3, 0.4) is 0 Å². The zero-order chi connectivity index (χ0) is 15.5. The van der Waals surface area contributed by atoms with Crippen LogP contribution in [0.4, 0.5) is 15.8 Å². The Hall–Kier alpha value is -1.62. The second-order valence-corrected chi connectivity index (χ2v) is 6.58. The molecule has 1 aliphatic heterocycles. The number of halogens is 1. The maximum atomic E-state index is 13.1. The molecular formula is C16H24FN3O. The van der Waals surface area contributed by atoms with Gasteiger partial charge in [-0.25, -0.2) is 4.39 Å². The minimum atomic E-state index is -0.470. The van der Waals surface area contributed by atoms with Gasteiger partial charge in [0.2, 0.25) is 5.91 Å². The fourth-order valence-corrected chi connectivity index (χ4v) is 2.66. The van der Waals surface area contributed by atoms with Crippen LogP contribution in [-0.4, -0.2) is 30.4 Å². The van der Waals surface area contributed by atoms with E-state index in [1.165, 1.54) is 24.6 Å². The number of carbonyl (C=O) groups is 1. The summed E-state index contributed by atoms with van der Waals surface area (Å²) in [4.78, 5) is 14.2. The van der Waals surface area contributed by atoms with E-state index in [1.54, 1.807) is 0 Å². The summed E-state index contributed by atoms with van der Waals surface area (Å²) >= 11 is 0. The molecule has 4 nitrogen and oxygen atoms in total. The molecule has 0 unspecified atom stereocenters. The third-order valence-corrected chi connectivity index (χ3v) is 4.08. The van der Waals surface area contributed by atoms with Gasteiger partial charge in [0.15, 0.2) is 0 Å². The molecule has 0 radical (unpaired) electrons. The van der Waals surface area contributed by atoms with E-state index in [0.717, 1.165) is 25.9 Å². The van der Waals surface area contributed by atoms with Gasteiger partial charge in [-0.3, -0.25) is 9.69 Å². The van der Waals surface area contributed by atoms with E-state index in [4.69, 9.17) is 5.73 Å². The number of anilines is 2. The monoisotopic (exact) mass is 293 g/mol. The van der Waals surface area contributed by atoms with Crippen LogP contribution in [0.2, 0.25) is 0 Å². The van der Waals surface area contributed by atoms with Crippen LogP contribution >= 0.6 is 0 Å². The Bertz CT molecular complexity index is 516. The van der Waals surface area contributed by atoms with Crippen LogP contribution in [0.5, 0.6) is 0 Å². The predicted molar refractivity (Wildman–Crippen MR) is 83.5 cm³/mol. The molecule has 0 spiro atoms. The Kier molecular flexibility index (Phi) is 4.83. The Labute approximate surface area is 125 Å². The molecule has 116 valence electrons. The molecule has 0 aromatic heterocycles. The van der Waals surface area contributed by atoms with Crippen LogP contribution in [-0.2, 0) is 4.79 Å². The number of carbonyl (C=O) groups excluding carboxylic acids is 1. The Morgan fingerprint density at radius 3 is 2.86 bits per heavy atom. The van der Waals surface area contributed by atoms with Crippen molar-refractivity contribution in [3.8, 4) is 0 Å². The van der Waals surface area contributed by atoms with Crippen molar-refractivity contribution in [3.05, 3.63) is 24.0 Å². The third-order valence-electron chi connectivity index (χ3n) is 4.08. The number of benzene rings is 1. The van der Waals surface area contributed by atoms with Crippen LogP contribution < -0.4 is 11.1 Å². The van der Waals surface area contributed by atoms with Gasteiger partial charge in [-0.2, -0.15) is 0 Å². The van der Waals surface area contributed by atoms with Crippen molar-refractivity contribution >= 4 is 17.3 Å². The first-order valence-corrected chi connectivity index (χ1v) is 7.43. The summed E-state index contributed by atoms with van der Waals surface area (Å²) in [7, 11) is 0. The van der Waals surface area contributed by atoms with Crippen molar-refractivity contribution in [2.75, 3.05) is 30.7 Å². The lowest BCUT2D eigenvalue weighted by atomic mass is 9.85. The molecule has 2 rings (SSSR count). The minimum absolute atomic E-state index is 0.0457. The maximum Gasteiger partial charge on any atom is 0.238 e. The second kappa shape index (κ2) is 6.43.